The van der Waals surface area contributed by atoms with Crippen LogP contribution in [0.15, 0.2) is 85.3 Å². The number of benzene rings is 2. The number of rotatable bonds is 4. The number of fused-ring (bicyclic) bond motifs is 2. The van der Waals surface area contributed by atoms with Gasteiger partial charge in [-0.2, -0.15) is 5.10 Å². The summed E-state index contributed by atoms with van der Waals surface area (Å²) >= 11 is 0. The number of nitrogens with zero attached hydrogens (tertiary/aromatic N) is 3. The van der Waals surface area contributed by atoms with E-state index < -0.39 is 0 Å². The third-order valence-corrected chi connectivity index (χ3v) is 6.26. The first kappa shape index (κ1) is 19.6. The van der Waals surface area contributed by atoms with Crippen LogP contribution in [0.4, 0.5) is 4.39 Å². The van der Waals surface area contributed by atoms with Gasteiger partial charge in [-0.05, 0) is 59.0 Å². The van der Waals surface area contributed by atoms with E-state index in [0.717, 1.165) is 45.4 Å². The molecular formula is C28H21FN4. The Bertz CT molecular complexity index is 1480. The van der Waals surface area contributed by atoms with Crippen LogP contribution in [-0.4, -0.2) is 20.2 Å². The highest BCUT2D eigenvalue weighted by Crippen LogP contribution is 2.33. The second-order valence-corrected chi connectivity index (χ2v) is 8.50. The predicted molar refractivity (Wildman–Crippen MR) is 128 cm³/mol. The van der Waals surface area contributed by atoms with Gasteiger partial charge in [-0.1, -0.05) is 42.5 Å². The summed E-state index contributed by atoms with van der Waals surface area (Å²) in [6, 6.07) is 20.3. The number of aromatic amines is 1. The summed E-state index contributed by atoms with van der Waals surface area (Å²) in [6.07, 6.45) is 11.0. The van der Waals surface area contributed by atoms with Crippen molar-refractivity contribution in [1.82, 2.24) is 20.2 Å². The monoisotopic (exact) mass is 432 g/mol. The zero-order chi connectivity index (χ0) is 22.2. The van der Waals surface area contributed by atoms with Crippen LogP contribution in [0.2, 0.25) is 0 Å². The molecule has 0 radical (unpaired) electrons. The number of halogens is 1. The zero-order valence-electron chi connectivity index (χ0n) is 17.9. The fourth-order valence-corrected chi connectivity index (χ4v) is 4.50. The molecule has 0 bridgehead atoms. The summed E-state index contributed by atoms with van der Waals surface area (Å²) in [7, 11) is 0. The Labute approximate surface area is 190 Å². The molecule has 0 amide bonds. The van der Waals surface area contributed by atoms with Crippen LogP contribution < -0.4 is 0 Å². The highest BCUT2D eigenvalue weighted by atomic mass is 19.1. The lowest BCUT2D eigenvalue weighted by Crippen LogP contribution is -2.07. The van der Waals surface area contributed by atoms with E-state index in [0.29, 0.717) is 12.3 Å². The van der Waals surface area contributed by atoms with Crippen LogP contribution in [-0.2, 0) is 12.8 Å². The van der Waals surface area contributed by atoms with Crippen LogP contribution in [0, 0.1) is 5.82 Å². The van der Waals surface area contributed by atoms with Crippen molar-refractivity contribution in [1.29, 1.82) is 0 Å². The third-order valence-electron chi connectivity index (χ3n) is 6.26. The number of hydrogen-bond acceptors (Lipinski definition) is 3. The zero-order valence-corrected chi connectivity index (χ0v) is 17.9. The fourth-order valence-electron chi connectivity index (χ4n) is 4.50. The third kappa shape index (κ3) is 3.94. The van der Waals surface area contributed by atoms with Gasteiger partial charge in [0.2, 0.25) is 0 Å². The normalized spacial score (nSPS) is 15.0. The first-order valence-corrected chi connectivity index (χ1v) is 11.0. The van der Waals surface area contributed by atoms with Gasteiger partial charge >= 0.3 is 0 Å². The highest BCUT2D eigenvalue weighted by molar-refractivity contribution is 5.79. The molecule has 0 saturated carbocycles. The second kappa shape index (κ2) is 8.10. The smallest absolute Gasteiger partial charge is 0.141 e. The number of allylic oxidation sites excluding steroid dienone is 1. The highest BCUT2D eigenvalue weighted by Gasteiger charge is 2.18. The SMILES string of the molecule is Fc1ccc(Cc2cccc(-c3cnc4c(c3)CC(c3ccc5cn[nH]c5c3)C=C4)c2)nc1. The van der Waals surface area contributed by atoms with Crippen LogP contribution in [0.5, 0.6) is 0 Å². The molecule has 0 saturated heterocycles. The van der Waals surface area contributed by atoms with Gasteiger partial charge in [0.1, 0.15) is 5.82 Å². The van der Waals surface area contributed by atoms with Crippen molar-refractivity contribution in [2.75, 3.05) is 0 Å². The number of H-pyrrole nitrogens is 1. The van der Waals surface area contributed by atoms with E-state index in [9.17, 15) is 4.39 Å². The standard InChI is InChI=1S/C28H21FN4/c29-25-7-8-26(30-17-25)11-18-2-1-3-19(10-18)24-13-23-12-20(6-9-27(23)31-15-24)21-4-5-22-16-32-33-28(22)14-21/h1-10,13-17,20H,11-12H2,(H,32,33). The van der Waals surface area contributed by atoms with Crippen LogP contribution in [0.25, 0.3) is 28.1 Å². The molecule has 3 heterocycles. The molecule has 33 heavy (non-hydrogen) atoms. The van der Waals surface area contributed by atoms with Gasteiger partial charge in [0.05, 0.1) is 23.6 Å². The molecular weight excluding hydrogens is 411 g/mol. The fraction of sp³-hybridized carbons (Fsp3) is 0.107. The summed E-state index contributed by atoms with van der Waals surface area (Å²) in [4.78, 5) is 8.92. The van der Waals surface area contributed by atoms with Gasteiger partial charge in [0.25, 0.3) is 0 Å². The molecule has 4 nitrogen and oxygen atoms in total. The maximum atomic E-state index is 13.2. The van der Waals surface area contributed by atoms with Crippen molar-refractivity contribution >= 4 is 17.0 Å². The van der Waals surface area contributed by atoms with Crippen molar-refractivity contribution in [2.24, 2.45) is 0 Å². The molecule has 5 heteroatoms. The molecule has 1 N–H and O–H groups in total. The molecule has 1 atom stereocenters. The lowest BCUT2D eigenvalue weighted by Gasteiger charge is -2.20. The molecule has 2 aromatic carbocycles. The van der Waals surface area contributed by atoms with Gasteiger partial charge in [-0.25, -0.2) is 4.39 Å². The first-order valence-electron chi connectivity index (χ1n) is 11.0. The van der Waals surface area contributed by atoms with Crippen LogP contribution in [0.3, 0.4) is 0 Å². The molecule has 0 aliphatic heterocycles. The van der Waals surface area contributed by atoms with Crippen molar-refractivity contribution in [3.63, 3.8) is 0 Å². The lowest BCUT2D eigenvalue weighted by atomic mass is 9.86. The van der Waals surface area contributed by atoms with E-state index >= 15 is 0 Å². The van der Waals surface area contributed by atoms with Gasteiger partial charge in [0.15, 0.2) is 0 Å². The second-order valence-electron chi connectivity index (χ2n) is 8.50. The minimum absolute atomic E-state index is 0.304. The Kier molecular flexibility index (Phi) is 4.80. The number of hydrogen-bond donors (Lipinski definition) is 1. The van der Waals surface area contributed by atoms with E-state index in [1.165, 1.54) is 23.4 Å². The molecule has 0 spiro atoms. The maximum Gasteiger partial charge on any atom is 0.141 e. The Balaban J connectivity index is 1.27. The predicted octanol–water partition coefficient (Wildman–Crippen LogP) is 6.10. The van der Waals surface area contributed by atoms with Crippen molar-refractivity contribution in [3.05, 3.63) is 119 Å². The molecule has 160 valence electrons. The Morgan fingerprint density at radius 1 is 0.909 bits per heavy atom. The van der Waals surface area contributed by atoms with Gasteiger partial charge in [-0.15, -0.1) is 0 Å². The van der Waals surface area contributed by atoms with Gasteiger partial charge in [0, 0.05) is 35.2 Å². The first-order chi connectivity index (χ1) is 16.2. The van der Waals surface area contributed by atoms with Crippen LogP contribution in [0.1, 0.15) is 34.0 Å². The molecule has 3 aromatic heterocycles. The molecule has 1 unspecified atom stereocenters. The summed E-state index contributed by atoms with van der Waals surface area (Å²) in [5.74, 6) is -0.0115. The maximum absolute atomic E-state index is 13.2. The Morgan fingerprint density at radius 2 is 1.88 bits per heavy atom. The van der Waals surface area contributed by atoms with Crippen LogP contribution >= 0.6 is 0 Å². The molecule has 5 aromatic rings. The van der Waals surface area contributed by atoms with E-state index in [4.69, 9.17) is 4.98 Å². The quantitative estimate of drug-likeness (QED) is 0.373. The Hall–Kier alpha value is -4.12. The minimum atomic E-state index is -0.315. The average molecular weight is 433 g/mol. The Morgan fingerprint density at radius 3 is 2.79 bits per heavy atom. The average Bonchev–Trinajstić information content (AvgIpc) is 3.33. The van der Waals surface area contributed by atoms with E-state index in [2.05, 4.69) is 75.9 Å². The van der Waals surface area contributed by atoms with Crippen molar-refractivity contribution < 1.29 is 4.39 Å². The van der Waals surface area contributed by atoms with Crippen molar-refractivity contribution in [2.45, 2.75) is 18.8 Å². The number of pyridine rings is 2. The van der Waals surface area contributed by atoms with Crippen molar-refractivity contribution in [3.8, 4) is 11.1 Å². The number of nitrogens with one attached hydrogen (secondary N) is 1. The minimum Gasteiger partial charge on any atom is -0.278 e. The molecule has 1 aliphatic carbocycles. The lowest BCUT2D eigenvalue weighted by molar-refractivity contribution is 0.619. The largest absolute Gasteiger partial charge is 0.278 e. The molecule has 1 aliphatic rings. The molecule has 6 rings (SSSR count). The summed E-state index contributed by atoms with van der Waals surface area (Å²) in [6.45, 7) is 0. The summed E-state index contributed by atoms with van der Waals surface area (Å²) in [5, 5.41) is 8.32. The van der Waals surface area contributed by atoms with E-state index in [1.807, 2.05) is 12.4 Å². The summed E-state index contributed by atoms with van der Waals surface area (Å²) < 4.78 is 13.2. The number of aromatic nitrogens is 4. The van der Waals surface area contributed by atoms with E-state index in [-0.39, 0.29) is 5.82 Å². The molecule has 0 fully saturated rings. The topological polar surface area (TPSA) is 54.5 Å². The van der Waals surface area contributed by atoms with Gasteiger partial charge in [-0.3, -0.25) is 15.1 Å². The summed E-state index contributed by atoms with van der Waals surface area (Å²) in [5.41, 5.74) is 8.81. The van der Waals surface area contributed by atoms with Gasteiger partial charge < -0.3 is 0 Å². The van der Waals surface area contributed by atoms with E-state index in [1.54, 1.807) is 6.07 Å².